The van der Waals surface area contributed by atoms with Gasteiger partial charge in [0.05, 0.1) is 5.92 Å². The Hall–Kier alpha value is -0.870. The highest BCUT2D eigenvalue weighted by Crippen LogP contribution is 2.43. The monoisotopic (exact) mass is 184 g/mol. The molecular formula is C7H5F5. The molecule has 0 saturated carbocycles. The molecule has 0 unspecified atom stereocenters. The minimum atomic E-state index is -5.48. The molecule has 1 aliphatic rings. The summed E-state index contributed by atoms with van der Waals surface area (Å²) >= 11 is 0. The largest absolute Gasteiger partial charge is 0.454 e. The van der Waals surface area contributed by atoms with Gasteiger partial charge in [-0.25, -0.2) is 0 Å². The quantitative estimate of drug-likeness (QED) is 0.549. The van der Waals surface area contributed by atoms with Crippen molar-refractivity contribution < 1.29 is 22.0 Å². The molecule has 5 heteroatoms. The third kappa shape index (κ3) is 1.35. The molecule has 0 aromatic heterocycles. The van der Waals surface area contributed by atoms with Crippen LogP contribution in [0.2, 0.25) is 0 Å². The summed E-state index contributed by atoms with van der Waals surface area (Å²) in [4.78, 5) is 0. The molecule has 0 nitrogen and oxygen atoms in total. The van der Waals surface area contributed by atoms with Gasteiger partial charge < -0.3 is 0 Å². The van der Waals surface area contributed by atoms with Gasteiger partial charge in [0.25, 0.3) is 0 Å². The number of allylic oxidation sites excluding steroid dienone is 4. The van der Waals surface area contributed by atoms with Gasteiger partial charge in [-0.05, 0) is 0 Å². The van der Waals surface area contributed by atoms with E-state index in [0.29, 0.717) is 0 Å². The standard InChI is InChI=1S/C7H5F5/c8-6(9,7(10,11)12)5-3-1-2-4-5/h1-5H. The first-order chi connectivity index (χ1) is 5.36. The Kier molecular flexibility index (Phi) is 1.97. The molecule has 0 heterocycles. The minimum Gasteiger partial charge on any atom is -0.195 e. The summed E-state index contributed by atoms with van der Waals surface area (Å²) in [5, 5.41) is 0. The van der Waals surface area contributed by atoms with Crippen molar-refractivity contribution in [2.24, 2.45) is 5.92 Å². The zero-order valence-electron chi connectivity index (χ0n) is 5.78. The summed E-state index contributed by atoms with van der Waals surface area (Å²) < 4.78 is 59.8. The third-order valence-corrected chi connectivity index (χ3v) is 1.54. The Bertz CT molecular complexity index is 210. The highest BCUT2D eigenvalue weighted by atomic mass is 19.4. The van der Waals surface area contributed by atoms with Crippen LogP contribution in [0.4, 0.5) is 22.0 Å². The summed E-state index contributed by atoms with van der Waals surface area (Å²) in [7, 11) is 0. The van der Waals surface area contributed by atoms with E-state index >= 15 is 0 Å². The van der Waals surface area contributed by atoms with E-state index in [1.54, 1.807) is 0 Å². The maximum atomic E-state index is 12.4. The first-order valence-electron chi connectivity index (χ1n) is 3.15. The lowest BCUT2D eigenvalue weighted by Crippen LogP contribution is -2.41. The predicted octanol–water partition coefficient (Wildman–Crippen LogP) is 2.93. The van der Waals surface area contributed by atoms with E-state index in [9.17, 15) is 22.0 Å². The van der Waals surface area contributed by atoms with Crippen LogP contribution in [-0.4, -0.2) is 12.1 Å². The van der Waals surface area contributed by atoms with Crippen molar-refractivity contribution in [1.82, 2.24) is 0 Å². The van der Waals surface area contributed by atoms with Crippen molar-refractivity contribution in [1.29, 1.82) is 0 Å². The molecule has 0 saturated heterocycles. The van der Waals surface area contributed by atoms with Gasteiger partial charge in [-0.15, -0.1) is 0 Å². The molecule has 1 aliphatic carbocycles. The van der Waals surface area contributed by atoms with Crippen LogP contribution in [0.3, 0.4) is 0 Å². The molecule has 68 valence electrons. The highest BCUT2D eigenvalue weighted by molar-refractivity contribution is 5.21. The van der Waals surface area contributed by atoms with Gasteiger partial charge in [0.15, 0.2) is 0 Å². The van der Waals surface area contributed by atoms with Crippen LogP contribution in [0.1, 0.15) is 0 Å². The van der Waals surface area contributed by atoms with E-state index in [1.165, 1.54) is 12.2 Å². The Labute approximate surface area is 65.4 Å². The highest BCUT2D eigenvalue weighted by Gasteiger charge is 2.61. The van der Waals surface area contributed by atoms with Gasteiger partial charge in [0.1, 0.15) is 0 Å². The van der Waals surface area contributed by atoms with Gasteiger partial charge in [-0.3, -0.25) is 0 Å². The molecule has 12 heavy (non-hydrogen) atoms. The Morgan fingerprint density at radius 1 is 0.833 bits per heavy atom. The van der Waals surface area contributed by atoms with Gasteiger partial charge in [0.2, 0.25) is 0 Å². The van der Waals surface area contributed by atoms with Crippen LogP contribution in [0.25, 0.3) is 0 Å². The van der Waals surface area contributed by atoms with Gasteiger partial charge in [-0.1, -0.05) is 24.3 Å². The first kappa shape index (κ1) is 9.22. The Morgan fingerprint density at radius 3 is 1.58 bits per heavy atom. The summed E-state index contributed by atoms with van der Waals surface area (Å²) in [5.41, 5.74) is 0. The Balaban J connectivity index is 2.85. The van der Waals surface area contributed by atoms with E-state index < -0.39 is 18.0 Å². The molecule has 0 bridgehead atoms. The van der Waals surface area contributed by atoms with Crippen molar-refractivity contribution >= 4 is 0 Å². The van der Waals surface area contributed by atoms with Crippen molar-refractivity contribution in [3.63, 3.8) is 0 Å². The normalized spacial score (nSPS) is 19.1. The van der Waals surface area contributed by atoms with E-state index in [1.807, 2.05) is 0 Å². The Morgan fingerprint density at radius 2 is 1.25 bits per heavy atom. The second-order valence-corrected chi connectivity index (χ2v) is 2.42. The molecular weight excluding hydrogens is 179 g/mol. The van der Waals surface area contributed by atoms with E-state index in [4.69, 9.17) is 0 Å². The predicted molar refractivity (Wildman–Crippen MR) is 32.8 cm³/mol. The molecule has 0 N–H and O–H groups in total. The lowest BCUT2D eigenvalue weighted by molar-refractivity contribution is -0.291. The van der Waals surface area contributed by atoms with Crippen LogP contribution in [0, 0.1) is 5.92 Å². The van der Waals surface area contributed by atoms with Crippen LogP contribution in [0.5, 0.6) is 0 Å². The second kappa shape index (κ2) is 2.57. The lowest BCUT2D eigenvalue weighted by atomic mass is 10.0. The van der Waals surface area contributed by atoms with E-state index in [0.717, 1.165) is 12.2 Å². The fourth-order valence-electron chi connectivity index (χ4n) is 0.863. The van der Waals surface area contributed by atoms with Crippen molar-refractivity contribution in [3.05, 3.63) is 24.3 Å². The molecule has 0 radical (unpaired) electrons. The van der Waals surface area contributed by atoms with Crippen LogP contribution in [-0.2, 0) is 0 Å². The summed E-state index contributed by atoms with van der Waals surface area (Å²) in [6.45, 7) is 0. The van der Waals surface area contributed by atoms with Crippen LogP contribution < -0.4 is 0 Å². The molecule has 0 aromatic rings. The van der Waals surface area contributed by atoms with Gasteiger partial charge in [-0.2, -0.15) is 22.0 Å². The second-order valence-electron chi connectivity index (χ2n) is 2.42. The van der Waals surface area contributed by atoms with E-state index in [2.05, 4.69) is 0 Å². The first-order valence-corrected chi connectivity index (χ1v) is 3.15. The average molecular weight is 184 g/mol. The van der Waals surface area contributed by atoms with Gasteiger partial charge in [0, 0.05) is 0 Å². The zero-order valence-corrected chi connectivity index (χ0v) is 5.78. The number of halogens is 5. The topological polar surface area (TPSA) is 0 Å². The van der Waals surface area contributed by atoms with Gasteiger partial charge >= 0.3 is 12.1 Å². The molecule has 0 fully saturated rings. The van der Waals surface area contributed by atoms with E-state index in [-0.39, 0.29) is 0 Å². The smallest absolute Gasteiger partial charge is 0.195 e. The minimum absolute atomic E-state index is 0.827. The number of hydrogen-bond acceptors (Lipinski definition) is 0. The summed E-state index contributed by atoms with van der Waals surface area (Å²) in [5.74, 6) is -6.51. The van der Waals surface area contributed by atoms with Crippen LogP contribution >= 0.6 is 0 Å². The van der Waals surface area contributed by atoms with Crippen molar-refractivity contribution in [2.75, 3.05) is 0 Å². The van der Waals surface area contributed by atoms with Crippen molar-refractivity contribution in [2.45, 2.75) is 12.1 Å². The molecule has 0 aliphatic heterocycles. The number of hydrogen-bond donors (Lipinski definition) is 0. The fraction of sp³-hybridized carbons (Fsp3) is 0.429. The molecule has 0 amide bonds. The summed E-state index contributed by atoms with van der Waals surface area (Å²) in [6, 6.07) is 0. The average Bonchev–Trinajstić information content (AvgIpc) is 2.34. The molecule has 0 spiro atoms. The number of rotatable bonds is 1. The summed E-state index contributed by atoms with van der Waals surface area (Å²) in [6.07, 6.45) is -1.48. The number of alkyl halides is 5. The third-order valence-electron chi connectivity index (χ3n) is 1.54. The molecule has 0 atom stereocenters. The lowest BCUT2D eigenvalue weighted by Gasteiger charge is -2.22. The van der Waals surface area contributed by atoms with Crippen molar-refractivity contribution in [3.8, 4) is 0 Å². The maximum absolute atomic E-state index is 12.4. The van der Waals surface area contributed by atoms with Crippen LogP contribution in [0.15, 0.2) is 24.3 Å². The molecule has 0 aromatic carbocycles. The fourth-order valence-corrected chi connectivity index (χ4v) is 0.863. The zero-order chi connectivity index (χ0) is 9.41. The maximum Gasteiger partial charge on any atom is 0.454 e. The SMILES string of the molecule is FC(F)(F)C(F)(F)C1C=CC=C1. The molecule has 1 rings (SSSR count).